The van der Waals surface area contributed by atoms with Crippen molar-refractivity contribution in [3.05, 3.63) is 24.0 Å². The summed E-state index contributed by atoms with van der Waals surface area (Å²) in [7, 11) is 0. The first-order valence-electron chi connectivity index (χ1n) is 3.17. The molecular formula is C7H6O5. The lowest BCUT2D eigenvalue weighted by Gasteiger charge is -2.00. The van der Waals surface area contributed by atoms with Gasteiger partial charge in [0.15, 0.2) is 0 Å². The van der Waals surface area contributed by atoms with Crippen LogP contribution in [0.15, 0.2) is 24.0 Å². The summed E-state index contributed by atoms with van der Waals surface area (Å²) in [5, 5.41) is 8.00. The van der Waals surface area contributed by atoms with E-state index in [0.717, 1.165) is 0 Å². The molecule has 0 heterocycles. The van der Waals surface area contributed by atoms with Gasteiger partial charge in [-0.3, -0.25) is 0 Å². The molecule has 0 aromatic heterocycles. The van der Waals surface area contributed by atoms with Gasteiger partial charge in [0.1, 0.15) is 5.76 Å². The lowest BCUT2D eigenvalue weighted by atomic mass is 10.4. The predicted octanol–water partition coefficient (Wildman–Crippen LogP) is 1.66. The molecule has 12 heavy (non-hydrogen) atoms. The fourth-order valence-electron chi connectivity index (χ4n) is 0.702. The van der Waals surface area contributed by atoms with Crippen LogP contribution >= 0.6 is 0 Å². The molecule has 0 spiro atoms. The zero-order chi connectivity index (χ0) is 8.97. The highest BCUT2D eigenvalue weighted by molar-refractivity contribution is 5.76. The standard InChI is InChI=1S/C7H6O5/c8-6(9)12-7(10)11-5-3-1-2-4-5/h1-3H,4H2,(H,8,9). The van der Waals surface area contributed by atoms with Gasteiger partial charge in [-0.15, -0.1) is 0 Å². The van der Waals surface area contributed by atoms with Crippen LogP contribution < -0.4 is 0 Å². The van der Waals surface area contributed by atoms with E-state index in [0.29, 0.717) is 12.2 Å². The Morgan fingerprint density at radius 2 is 2.25 bits per heavy atom. The topological polar surface area (TPSA) is 72.8 Å². The van der Waals surface area contributed by atoms with E-state index in [2.05, 4.69) is 9.47 Å². The smallest absolute Gasteiger partial charge is 0.449 e. The second-order valence-corrected chi connectivity index (χ2v) is 1.99. The van der Waals surface area contributed by atoms with Gasteiger partial charge in [0.05, 0.1) is 0 Å². The van der Waals surface area contributed by atoms with Crippen LogP contribution in [0.5, 0.6) is 0 Å². The number of ether oxygens (including phenoxy) is 2. The molecule has 0 aromatic rings. The van der Waals surface area contributed by atoms with Crippen molar-refractivity contribution >= 4 is 12.3 Å². The van der Waals surface area contributed by atoms with E-state index in [9.17, 15) is 9.59 Å². The Labute approximate surface area is 67.9 Å². The Morgan fingerprint density at radius 3 is 2.75 bits per heavy atom. The highest BCUT2D eigenvalue weighted by Crippen LogP contribution is 2.12. The molecule has 1 aliphatic rings. The SMILES string of the molecule is O=C(O)OC(=O)OC1=CC=CC1. The first-order valence-corrected chi connectivity index (χ1v) is 3.17. The quantitative estimate of drug-likeness (QED) is 0.478. The molecule has 0 radical (unpaired) electrons. The third-order valence-electron chi connectivity index (χ3n) is 1.12. The molecule has 5 heteroatoms. The van der Waals surface area contributed by atoms with Gasteiger partial charge in [-0.05, 0) is 6.08 Å². The van der Waals surface area contributed by atoms with Gasteiger partial charge in [-0.25, -0.2) is 9.59 Å². The maximum absolute atomic E-state index is 10.5. The molecule has 0 saturated heterocycles. The molecule has 0 aliphatic heterocycles. The van der Waals surface area contributed by atoms with Gasteiger partial charge in [0, 0.05) is 6.42 Å². The number of allylic oxidation sites excluding steroid dienone is 3. The van der Waals surface area contributed by atoms with Gasteiger partial charge in [0.2, 0.25) is 0 Å². The van der Waals surface area contributed by atoms with E-state index in [-0.39, 0.29) is 0 Å². The fraction of sp³-hybridized carbons (Fsp3) is 0.143. The number of carboxylic acid groups (broad SMARTS) is 1. The van der Waals surface area contributed by atoms with Gasteiger partial charge in [0.25, 0.3) is 0 Å². The molecule has 0 aromatic carbocycles. The summed E-state index contributed by atoms with van der Waals surface area (Å²) in [5.74, 6) is 0.376. The van der Waals surface area contributed by atoms with Crippen molar-refractivity contribution in [1.82, 2.24) is 0 Å². The molecule has 0 amide bonds. The number of hydrogen-bond donors (Lipinski definition) is 1. The number of carbonyl (C=O) groups is 2. The second kappa shape index (κ2) is 3.56. The van der Waals surface area contributed by atoms with Crippen LogP contribution in [-0.2, 0) is 9.47 Å². The van der Waals surface area contributed by atoms with Crippen molar-refractivity contribution in [3.8, 4) is 0 Å². The minimum absolute atomic E-state index is 0.376. The normalized spacial score (nSPS) is 13.8. The summed E-state index contributed by atoms with van der Waals surface area (Å²) in [4.78, 5) is 20.3. The maximum atomic E-state index is 10.5. The van der Waals surface area contributed by atoms with Crippen LogP contribution in [0, 0.1) is 0 Å². The fourth-order valence-corrected chi connectivity index (χ4v) is 0.702. The Balaban J connectivity index is 2.32. The average Bonchev–Trinajstić information content (AvgIpc) is 2.37. The highest BCUT2D eigenvalue weighted by Gasteiger charge is 2.12. The van der Waals surface area contributed by atoms with Crippen molar-refractivity contribution in [2.45, 2.75) is 6.42 Å². The van der Waals surface area contributed by atoms with E-state index in [4.69, 9.17) is 5.11 Å². The highest BCUT2D eigenvalue weighted by atomic mass is 16.8. The number of rotatable bonds is 1. The minimum Gasteiger partial charge on any atom is -0.449 e. The van der Waals surface area contributed by atoms with Crippen molar-refractivity contribution in [1.29, 1.82) is 0 Å². The van der Waals surface area contributed by atoms with Crippen LogP contribution in [0.2, 0.25) is 0 Å². The zero-order valence-corrected chi connectivity index (χ0v) is 6.02. The molecule has 64 valence electrons. The van der Waals surface area contributed by atoms with Crippen molar-refractivity contribution in [3.63, 3.8) is 0 Å². The van der Waals surface area contributed by atoms with E-state index < -0.39 is 12.3 Å². The summed E-state index contributed by atoms with van der Waals surface area (Å²) in [6.07, 6.45) is 2.61. The average molecular weight is 170 g/mol. The Bertz CT molecular complexity index is 263. The van der Waals surface area contributed by atoms with Crippen molar-refractivity contribution in [2.24, 2.45) is 0 Å². The number of hydrogen-bond acceptors (Lipinski definition) is 4. The summed E-state index contributed by atoms with van der Waals surface area (Å²) >= 11 is 0. The minimum atomic E-state index is -1.67. The molecule has 0 saturated carbocycles. The summed E-state index contributed by atoms with van der Waals surface area (Å²) in [6.45, 7) is 0. The van der Waals surface area contributed by atoms with Crippen LogP contribution in [0.3, 0.4) is 0 Å². The lowest BCUT2D eigenvalue weighted by Crippen LogP contribution is -2.10. The largest absolute Gasteiger partial charge is 0.523 e. The van der Waals surface area contributed by atoms with Crippen LogP contribution in [0.25, 0.3) is 0 Å². The second-order valence-electron chi connectivity index (χ2n) is 1.99. The lowest BCUT2D eigenvalue weighted by molar-refractivity contribution is 0.0702. The molecular weight excluding hydrogens is 164 g/mol. The van der Waals surface area contributed by atoms with E-state index in [1.807, 2.05) is 0 Å². The summed E-state index contributed by atoms with van der Waals surface area (Å²) in [5.41, 5.74) is 0. The van der Waals surface area contributed by atoms with E-state index in [1.54, 1.807) is 18.2 Å². The van der Waals surface area contributed by atoms with E-state index in [1.165, 1.54) is 0 Å². The molecule has 1 aliphatic carbocycles. The third-order valence-corrected chi connectivity index (χ3v) is 1.12. The molecule has 0 unspecified atom stereocenters. The zero-order valence-electron chi connectivity index (χ0n) is 6.02. The van der Waals surface area contributed by atoms with Gasteiger partial charge < -0.3 is 14.6 Å². The summed E-state index contributed by atoms with van der Waals surface area (Å²) < 4.78 is 8.18. The third kappa shape index (κ3) is 2.45. The molecule has 0 bridgehead atoms. The van der Waals surface area contributed by atoms with Crippen LogP contribution in [0.1, 0.15) is 6.42 Å². The first kappa shape index (κ1) is 8.32. The molecule has 5 nitrogen and oxygen atoms in total. The Kier molecular flexibility index (Phi) is 2.47. The van der Waals surface area contributed by atoms with Gasteiger partial charge >= 0.3 is 12.3 Å². The predicted molar refractivity (Wildman–Crippen MR) is 37.4 cm³/mol. The van der Waals surface area contributed by atoms with Crippen LogP contribution in [0.4, 0.5) is 9.59 Å². The Morgan fingerprint density at radius 1 is 1.50 bits per heavy atom. The Hall–Kier alpha value is -1.78. The molecule has 1 rings (SSSR count). The van der Waals surface area contributed by atoms with Crippen LogP contribution in [-0.4, -0.2) is 17.4 Å². The number of carbonyl (C=O) groups excluding carboxylic acids is 1. The molecule has 1 N–H and O–H groups in total. The van der Waals surface area contributed by atoms with Crippen molar-refractivity contribution in [2.75, 3.05) is 0 Å². The maximum Gasteiger partial charge on any atom is 0.523 e. The van der Waals surface area contributed by atoms with Crippen molar-refractivity contribution < 1.29 is 24.2 Å². The van der Waals surface area contributed by atoms with Gasteiger partial charge in [-0.2, -0.15) is 0 Å². The van der Waals surface area contributed by atoms with Gasteiger partial charge in [-0.1, -0.05) is 12.2 Å². The first-order chi connectivity index (χ1) is 5.68. The monoisotopic (exact) mass is 170 g/mol. The molecule has 0 atom stereocenters. The summed E-state index contributed by atoms with van der Waals surface area (Å²) in [6, 6.07) is 0. The van der Waals surface area contributed by atoms with E-state index >= 15 is 0 Å². The molecule has 0 fully saturated rings.